The van der Waals surface area contributed by atoms with Gasteiger partial charge in [0.1, 0.15) is 11.4 Å². The number of nitrogens with zero attached hydrogens (tertiary/aromatic N) is 4. The van der Waals surface area contributed by atoms with Gasteiger partial charge in [-0.3, -0.25) is 4.68 Å². The van der Waals surface area contributed by atoms with Crippen molar-refractivity contribution in [1.82, 2.24) is 19.6 Å². The Morgan fingerprint density at radius 3 is 2.43 bits per heavy atom. The van der Waals surface area contributed by atoms with Gasteiger partial charge >= 0.3 is 12.2 Å². The van der Waals surface area contributed by atoms with E-state index in [9.17, 15) is 19.1 Å². The summed E-state index contributed by atoms with van der Waals surface area (Å²) in [5.74, 6) is 0.265. The largest absolute Gasteiger partial charge is 0.465 e. The summed E-state index contributed by atoms with van der Waals surface area (Å²) in [5.41, 5.74) is 3.53. The van der Waals surface area contributed by atoms with Crippen LogP contribution in [0.3, 0.4) is 0 Å². The van der Waals surface area contributed by atoms with Crippen LogP contribution in [0.2, 0.25) is 0 Å². The van der Waals surface area contributed by atoms with Gasteiger partial charge in [0, 0.05) is 37.0 Å². The average Bonchev–Trinajstić information content (AvgIpc) is 3.29. The topological polar surface area (TPSA) is 87.9 Å². The monoisotopic (exact) mass is 576 g/mol. The van der Waals surface area contributed by atoms with Gasteiger partial charge in [0.15, 0.2) is 0 Å². The standard InChI is InChI=1S/C33H41FN4O4/c1-22-19-26(15-18-37(22)32(41)42-33(2,3)4)30-28-12-9-24(6-5-23-13-16-36(17-14-23)31(39)40)20-29(28)38(35-30)21-25-7-10-27(34)11-8-25/h5-12,20,22-23,26H,13-19,21H2,1-4H3,(H,39,40)/b6-5+. The summed E-state index contributed by atoms with van der Waals surface area (Å²) in [5, 5.41) is 15.4. The van der Waals surface area contributed by atoms with Gasteiger partial charge in [-0.1, -0.05) is 36.4 Å². The van der Waals surface area contributed by atoms with E-state index in [1.54, 1.807) is 12.1 Å². The van der Waals surface area contributed by atoms with Gasteiger partial charge in [0.25, 0.3) is 0 Å². The molecular weight excluding hydrogens is 535 g/mol. The lowest BCUT2D eigenvalue weighted by molar-refractivity contribution is 0.0102. The van der Waals surface area contributed by atoms with Gasteiger partial charge in [-0.15, -0.1) is 0 Å². The first kappa shape index (κ1) is 29.6. The summed E-state index contributed by atoms with van der Waals surface area (Å²) in [6.07, 6.45) is 6.41. The number of hydrogen-bond acceptors (Lipinski definition) is 4. The number of ether oxygens (including phenoxy) is 1. The average molecular weight is 577 g/mol. The Balaban J connectivity index is 1.39. The molecule has 0 spiro atoms. The number of halogens is 1. The zero-order valence-electron chi connectivity index (χ0n) is 24.9. The number of carbonyl (C=O) groups excluding carboxylic acids is 1. The summed E-state index contributed by atoms with van der Waals surface area (Å²) in [6.45, 7) is 9.95. The number of rotatable bonds is 5. The van der Waals surface area contributed by atoms with Gasteiger partial charge < -0.3 is 19.6 Å². The third kappa shape index (κ3) is 6.94. The third-order valence-electron chi connectivity index (χ3n) is 8.31. The van der Waals surface area contributed by atoms with Crippen LogP contribution in [-0.4, -0.2) is 68.2 Å². The van der Waals surface area contributed by atoms with Crippen molar-refractivity contribution in [1.29, 1.82) is 0 Å². The molecule has 2 aliphatic rings. The lowest BCUT2D eigenvalue weighted by Gasteiger charge is -2.38. The molecule has 2 fully saturated rings. The van der Waals surface area contributed by atoms with E-state index in [0.717, 1.165) is 53.4 Å². The van der Waals surface area contributed by atoms with E-state index in [2.05, 4.69) is 37.3 Å². The number of fused-ring (bicyclic) bond motifs is 1. The van der Waals surface area contributed by atoms with Crippen LogP contribution in [0.5, 0.6) is 0 Å². The number of carbonyl (C=O) groups is 2. The third-order valence-corrected chi connectivity index (χ3v) is 8.31. The molecule has 9 heteroatoms. The van der Waals surface area contributed by atoms with Gasteiger partial charge in [-0.25, -0.2) is 14.0 Å². The Bertz CT molecular complexity index is 1450. The molecule has 0 radical (unpaired) electrons. The van der Waals surface area contributed by atoms with E-state index < -0.39 is 11.7 Å². The molecular formula is C33H41FN4O4. The zero-order valence-corrected chi connectivity index (χ0v) is 24.9. The molecule has 224 valence electrons. The lowest BCUT2D eigenvalue weighted by atomic mass is 9.87. The Labute approximate surface area is 246 Å². The van der Waals surface area contributed by atoms with Crippen LogP contribution in [0.15, 0.2) is 48.5 Å². The number of aromatic nitrogens is 2. The van der Waals surface area contributed by atoms with E-state index in [4.69, 9.17) is 9.84 Å². The molecule has 1 aromatic heterocycles. The summed E-state index contributed by atoms with van der Waals surface area (Å²) in [4.78, 5) is 27.3. The molecule has 0 bridgehead atoms. The van der Waals surface area contributed by atoms with Crippen molar-refractivity contribution in [2.24, 2.45) is 5.92 Å². The quantitative estimate of drug-likeness (QED) is 0.349. The first-order chi connectivity index (χ1) is 20.0. The Morgan fingerprint density at radius 1 is 1.07 bits per heavy atom. The fourth-order valence-corrected chi connectivity index (χ4v) is 6.05. The number of allylic oxidation sites excluding steroid dienone is 1. The fourth-order valence-electron chi connectivity index (χ4n) is 6.05. The molecule has 2 unspecified atom stereocenters. The van der Waals surface area contributed by atoms with Crippen LogP contribution in [0.1, 0.15) is 76.1 Å². The number of amides is 2. The van der Waals surface area contributed by atoms with Crippen molar-refractivity contribution in [2.75, 3.05) is 19.6 Å². The van der Waals surface area contributed by atoms with E-state index >= 15 is 0 Å². The Hall–Kier alpha value is -3.88. The minimum absolute atomic E-state index is 0.0191. The molecule has 2 saturated heterocycles. The van der Waals surface area contributed by atoms with E-state index in [0.29, 0.717) is 32.1 Å². The highest BCUT2D eigenvalue weighted by Gasteiger charge is 2.34. The summed E-state index contributed by atoms with van der Waals surface area (Å²) < 4.78 is 21.2. The minimum atomic E-state index is -0.849. The van der Waals surface area contributed by atoms with E-state index in [1.165, 1.54) is 17.0 Å². The normalized spacial score (nSPS) is 20.4. The Kier molecular flexibility index (Phi) is 8.57. The number of benzene rings is 2. The first-order valence-electron chi connectivity index (χ1n) is 14.9. The second-order valence-corrected chi connectivity index (χ2v) is 12.7. The molecule has 2 amide bonds. The molecule has 0 saturated carbocycles. The molecule has 8 nitrogen and oxygen atoms in total. The first-order valence-corrected chi connectivity index (χ1v) is 14.9. The van der Waals surface area contributed by atoms with Crippen LogP contribution in [0, 0.1) is 11.7 Å². The van der Waals surface area contributed by atoms with Crippen LogP contribution < -0.4 is 0 Å². The van der Waals surface area contributed by atoms with Gasteiger partial charge in [-0.05, 0) is 88.6 Å². The summed E-state index contributed by atoms with van der Waals surface area (Å²) in [6, 6.07) is 12.9. The second kappa shape index (κ2) is 12.2. The highest BCUT2D eigenvalue weighted by atomic mass is 19.1. The predicted molar refractivity (Wildman–Crippen MR) is 161 cm³/mol. The molecule has 1 N–H and O–H groups in total. The highest BCUT2D eigenvalue weighted by molar-refractivity contribution is 5.85. The minimum Gasteiger partial charge on any atom is -0.465 e. The highest BCUT2D eigenvalue weighted by Crippen LogP contribution is 2.36. The van der Waals surface area contributed by atoms with Crippen molar-refractivity contribution in [3.8, 4) is 0 Å². The SMILES string of the molecule is CC1CC(c2nn(Cc3ccc(F)cc3)c3cc(/C=C/C4CCN(C(=O)O)CC4)ccc23)CCN1C(=O)OC(C)(C)C. The van der Waals surface area contributed by atoms with Crippen molar-refractivity contribution in [2.45, 2.75) is 77.5 Å². The van der Waals surface area contributed by atoms with Crippen LogP contribution in [-0.2, 0) is 11.3 Å². The second-order valence-electron chi connectivity index (χ2n) is 12.7. The van der Waals surface area contributed by atoms with E-state index in [1.807, 2.05) is 30.4 Å². The number of likely N-dealkylation sites (tertiary alicyclic amines) is 2. The van der Waals surface area contributed by atoms with Crippen LogP contribution >= 0.6 is 0 Å². The molecule has 3 heterocycles. The molecule has 42 heavy (non-hydrogen) atoms. The van der Waals surface area contributed by atoms with Crippen LogP contribution in [0.25, 0.3) is 17.0 Å². The van der Waals surface area contributed by atoms with Crippen LogP contribution in [0.4, 0.5) is 14.0 Å². The zero-order chi connectivity index (χ0) is 30.0. The fraction of sp³-hybridized carbons (Fsp3) is 0.485. The molecule has 2 aliphatic heterocycles. The maximum absolute atomic E-state index is 13.6. The maximum Gasteiger partial charge on any atom is 0.410 e. The maximum atomic E-state index is 13.6. The molecule has 0 aliphatic carbocycles. The van der Waals surface area contributed by atoms with Crippen molar-refractivity contribution < 1.29 is 23.8 Å². The molecule has 2 aromatic carbocycles. The van der Waals surface area contributed by atoms with Gasteiger partial charge in [0.05, 0.1) is 17.8 Å². The molecule has 3 aromatic rings. The summed E-state index contributed by atoms with van der Waals surface area (Å²) >= 11 is 0. The van der Waals surface area contributed by atoms with Crippen molar-refractivity contribution in [3.63, 3.8) is 0 Å². The van der Waals surface area contributed by atoms with Gasteiger partial charge in [-0.2, -0.15) is 5.10 Å². The van der Waals surface area contributed by atoms with Crippen molar-refractivity contribution >= 4 is 29.2 Å². The number of carboxylic acid groups (broad SMARTS) is 1. The number of hydrogen-bond donors (Lipinski definition) is 1. The predicted octanol–water partition coefficient (Wildman–Crippen LogP) is 7.13. The van der Waals surface area contributed by atoms with E-state index in [-0.39, 0.29) is 23.9 Å². The number of piperidine rings is 2. The molecule has 5 rings (SSSR count). The van der Waals surface area contributed by atoms with Crippen molar-refractivity contribution in [3.05, 3.63) is 71.2 Å². The Morgan fingerprint density at radius 2 is 1.79 bits per heavy atom. The molecule has 2 atom stereocenters. The van der Waals surface area contributed by atoms with Gasteiger partial charge in [0.2, 0.25) is 0 Å². The summed E-state index contributed by atoms with van der Waals surface area (Å²) in [7, 11) is 0. The smallest absolute Gasteiger partial charge is 0.410 e. The lowest BCUT2D eigenvalue weighted by Crippen LogP contribution is -2.46.